The Morgan fingerprint density at radius 2 is 1.93 bits per heavy atom. The molecule has 3 nitrogen and oxygen atoms in total. The highest BCUT2D eigenvalue weighted by molar-refractivity contribution is 14.1. The van der Waals surface area contributed by atoms with Crippen LogP contribution in [0, 0.1) is 3.57 Å². The van der Waals surface area contributed by atoms with Gasteiger partial charge in [0.2, 0.25) is 0 Å². The first-order valence-corrected chi connectivity index (χ1v) is 5.26. The number of amides is 1. The van der Waals surface area contributed by atoms with Crippen LogP contribution in [0.25, 0.3) is 0 Å². The number of carbonyl (C=O) groups is 1. The van der Waals surface area contributed by atoms with Crippen LogP contribution < -0.4 is 0 Å². The van der Waals surface area contributed by atoms with Gasteiger partial charge < -0.3 is 9.64 Å². The molecule has 0 unspecified atom stereocenters. The fourth-order valence-corrected chi connectivity index (χ4v) is 1.21. The standard InChI is InChI=1S/C10H12INO2/c1-12(2)10(13)14-7-8-3-5-9(11)6-4-8/h3-6H,7H2,1-2H3. The molecule has 1 amide bonds. The van der Waals surface area contributed by atoms with E-state index in [0.29, 0.717) is 6.61 Å². The normalized spacial score (nSPS) is 9.64. The third-order valence-corrected chi connectivity index (χ3v) is 2.36. The first kappa shape index (κ1) is 11.3. The van der Waals surface area contributed by atoms with Gasteiger partial charge in [-0.3, -0.25) is 0 Å². The summed E-state index contributed by atoms with van der Waals surface area (Å²) in [5, 5.41) is 0. The van der Waals surface area contributed by atoms with E-state index in [1.165, 1.54) is 8.47 Å². The van der Waals surface area contributed by atoms with Crippen LogP contribution in [0.15, 0.2) is 24.3 Å². The van der Waals surface area contributed by atoms with Crippen molar-refractivity contribution >= 4 is 28.7 Å². The van der Waals surface area contributed by atoms with Crippen molar-refractivity contribution in [2.75, 3.05) is 14.1 Å². The summed E-state index contributed by atoms with van der Waals surface area (Å²) in [7, 11) is 3.33. The van der Waals surface area contributed by atoms with Crippen LogP contribution in [0.4, 0.5) is 4.79 Å². The average molecular weight is 305 g/mol. The third kappa shape index (κ3) is 3.53. The molecule has 0 spiro atoms. The van der Waals surface area contributed by atoms with Crippen molar-refractivity contribution in [2.45, 2.75) is 6.61 Å². The largest absolute Gasteiger partial charge is 0.445 e. The van der Waals surface area contributed by atoms with Crippen LogP contribution in [0.5, 0.6) is 0 Å². The van der Waals surface area contributed by atoms with Crippen LogP contribution in [0.3, 0.4) is 0 Å². The van der Waals surface area contributed by atoms with Gasteiger partial charge in [-0.1, -0.05) is 12.1 Å². The first-order chi connectivity index (χ1) is 6.59. The second-order valence-corrected chi connectivity index (χ2v) is 4.32. The van der Waals surface area contributed by atoms with Crippen molar-refractivity contribution < 1.29 is 9.53 Å². The van der Waals surface area contributed by atoms with E-state index in [9.17, 15) is 4.79 Å². The summed E-state index contributed by atoms with van der Waals surface area (Å²) in [6.45, 7) is 0.327. The molecule has 1 aromatic carbocycles. The zero-order valence-electron chi connectivity index (χ0n) is 8.16. The van der Waals surface area contributed by atoms with Crippen molar-refractivity contribution in [1.29, 1.82) is 0 Å². The Kier molecular flexibility index (Phi) is 4.19. The highest BCUT2D eigenvalue weighted by Crippen LogP contribution is 2.07. The van der Waals surface area contributed by atoms with E-state index in [1.54, 1.807) is 14.1 Å². The number of rotatable bonds is 2. The molecule has 0 aliphatic carbocycles. The lowest BCUT2D eigenvalue weighted by Gasteiger charge is -2.10. The number of halogens is 1. The minimum atomic E-state index is -0.316. The Morgan fingerprint density at radius 1 is 1.36 bits per heavy atom. The zero-order chi connectivity index (χ0) is 10.6. The SMILES string of the molecule is CN(C)C(=O)OCc1ccc(I)cc1. The van der Waals surface area contributed by atoms with Gasteiger partial charge in [0.1, 0.15) is 6.61 Å². The van der Waals surface area contributed by atoms with Gasteiger partial charge in [-0.2, -0.15) is 0 Å². The van der Waals surface area contributed by atoms with Crippen LogP contribution in [0.1, 0.15) is 5.56 Å². The highest BCUT2D eigenvalue weighted by Gasteiger charge is 2.04. The summed E-state index contributed by atoms with van der Waals surface area (Å²) in [6, 6.07) is 7.87. The summed E-state index contributed by atoms with van der Waals surface area (Å²) >= 11 is 2.23. The molecule has 4 heteroatoms. The predicted molar refractivity (Wildman–Crippen MR) is 63.0 cm³/mol. The van der Waals surface area contributed by atoms with Gasteiger partial charge in [-0.15, -0.1) is 0 Å². The summed E-state index contributed by atoms with van der Waals surface area (Å²) in [6.07, 6.45) is -0.316. The van der Waals surface area contributed by atoms with Gasteiger partial charge in [-0.05, 0) is 40.3 Å². The molecule has 0 aliphatic heterocycles. The van der Waals surface area contributed by atoms with E-state index in [-0.39, 0.29) is 6.09 Å². The van der Waals surface area contributed by atoms with E-state index in [0.717, 1.165) is 5.56 Å². The molecular formula is C10H12INO2. The number of benzene rings is 1. The molecule has 76 valence electrons. The smallest absolute Gasteiger partial charge is 0.409 e. The second-order valence-electron chi connectivity index (χ2n) is 3.08. The maximum Gasteiger partial charge on any atom is 0.409 e. The topological polar surface area (TPSA) is 29.5 Å². The number of carbonyl (C=O) groups excluding carboxylic acids is 1. The lowest BCUT2D eigenvalue weighted by atomic mass is 10.2. The molecule has 0 aliphatic rings. The molecule has 0 radical (unpaired) electrons. The molecule has 0 N–H and O–H groups in total. The number of hydrogen-bond donors (Lipinski definition) is 0. The maximum atomic E-state index is 11.1. The van der Waals surface area contributed by atoms with Gasteiger partial charge in [-0.25, -0.2) is 4.79 Å². The molecule has 0 saturated heterocycles. The monoisotopic (exact) mass is 305 g/mol. The van der Waals surface area contributed by atoms with Gasteiger partial charge in [0, 0.05) is 17.7 Å². The maximum absolute atomic E-state index is 11.1. The second kappa shape index (κ2) is 5.19. The Bertz CT molecular complexity index is 308. The van der Waals surface area contributed by atoms with Crippen molar-refractivity contribution in [3.63, 3.8) is 0 Å². The Morgan fingerprint density at radius 3 is 2.43 bits per heavy atom. The highest BCUT2D eigenvalue weighted by atomic mass is 127. The lowest BCUT2D eigenvalue weighted by Crippen LogP contribution is -2.22. The van der Waals surface area contributed by atoms with E-state index in [1.807, 2.05) is 24.3 Å². The van der Waals surface area contributed by atoms with Crippen LogP contribution in [-0.4, -0.2) is 25.1 Å². The summed E-state index contributed by atoms with van der Waals surface area (Å²) in [5.41, 5.74) is 1.00. The number of ether oxygens (including phenoxy) is 1. The fourth-order valence-electron chi connectivity index (χ4n) is 0.855. The van der Waals surface area contributed by atoms with Gasteiger partial charge in [0.15, 0.2) is 0 Å². The van der Waals surface area contributed by atoms with E-state index in [4.69, 9.17) is 4.74 Å². The number of hydrogen-bond acceptors (Lipinski definition) is 2. The molecule has 0 bridgehead atoms. The minimum absolute atomic E-state index is 0.316. The van der Waals surface area contributed by atoms with E-state index in [2.05, 4.69) is 22.6 Å². The Hall–Kier alpha value is -0.780. The van der Waals surface area contributed by atoms with Crippen molar-refractivity contribution in [3.8, 4) is 0 Å². The van der Waals surface area contributed by atoms with E-state index < -0.39 is 0 Å². The molecule has 14 heavy (non-hydrogen) atoms. The molecule has 0 aromatic heterocycles. The zero-order valence-corrected chi connectivity index (χ0v) is 10.3. The van der Waals surface area contributed by atoms with Gasteiger partial charge in [0.25, 0.3) is 0 Å². The number of nitrogens with zero attached hydrogens (tertiary/aromatic N) is 1. The van der Waals surface area contributed by atoms with Crippen LogP contribution in [-0.2, 0) is 11.3 Å². The predicted octanol–water partition coefficient (Wildman–Crippen LogP) is 2.49. The van der Waals surface area contributed by atoms with Crippen LogP contribution >= 0.6 is 22.6 Å². The minimum Gasteiger partial charge on any atom is -0.445 e. The van der Waals surface area contributed by atoms with Gasteiger partial charge >= 0.3 is 6.09 Å². The van der Waals surface area contributed by atoms with Crippen LogP contribution in [0.2, 0.25) is 0 Å². The van der Waals surface area contributed by atoms with Crippen molar-refractivity contribution in [1.82, 2.24) is 4.90 Å². The van der Waals surface area contributed by atoms with Crippen molar-refractivity contribution in [3.05, 3.63) is 33.4 Å². The summed E-state index contributed by atoms with van der Waals surface area (Å²) < 4.78 is 6.19. The average Bonchev–Trinajstić information content (AvgIpc) is 2.16. The Labute approximate surface area is 97.2 Å². The summed E-state index contributed by atoms with van der Waals surface area (Å²) in [5.74, 6) is 0. The van der Waals surface area contributed by atoms with Gasteiger partial charge in [0.05, 0.1) is 0 Å². The molecule has 1 rings (SSSR count). The van der Waals surface area contributed by atoms with E-state index >= 15 is 0 Å². The molecular weight excluding hydrogens is 293 g/mol. The molecule has 0 fully saturated rings. The third-order valence-electron chi connectivity index (χ3n) is 1.64. The summed E-state index contributed by atoms with van der Waals surface area (Å²) in [4.78, 5) is 12.5. The van der Waals surface area contributed by atoms with Crippen molar-refractivity contribution in [2.24, 2.45) is 0 Å². The first-order valence-electron chi connectivity index (χ1n) is 4.18. The Balaban J connectivity index is 2.46. The molecule has 1 aromatic rings. The molecule has 0 atom stereocenters. The molecule has 0 heterocycles. The quantitative estimate of drug-likeness (QED) is 0.786. The fraction of sp³-hybridized carbons (Fsp3) is 0.300. The lowest BCUT2D eigenvalue weighted by molar-refractivity contribution is 0.112. The molecule has 0 saturated carbocycles.